The van der Waals surface area contributed by atoms with Crippen molar-refractivity contribution in [2.75, 3.05) is 44.4 Å². The summed E-state index contributed by atoms with van der Waals surface area (Å²) in [5.41, 5.74) is 2.69. The predicted octanol–water partition coefficient (Wildman–Crippen LogP) is 6.60. The molecule has 2 N–H and O–H groups in total. The van der Waals surface area contributed by atoms with Crippen LogP contribution in [0.15, 0.2) is 36.9 Å². The van der Waals surface area contributed by atoms with Gasteiger partial charge in [-0.25, -0.2) is 8.78 Å². The molecule has 1 aliphatic carbocycles. The molecule has 280 valence electrons. The molecule has 4 aliphatic rings. The zero-order chi connectivity index (χ0) is 37.3. The summed E-state index contributed by atoms with van der Waals surface area (Å²) in [5.74, 6) is 2.70. The minimum atomic E-state index is -0.969. The number of hydrogen-bond acceptors (Lipinski definition) is 8. The zero-order valence-corrected chi connectivity index (χ0v) is 30.7. The Morgan fingerprint density at radius 3 is 2.77 bits per heavy atom. The molecule has 2 aromatic carbocycles. The number of phenolic OH excluding ortho intramolecular Hbond substituents is 1. The van der Waals surface area contributed by atoms with Gasteiger partial charge in [0.1, 0.15) is 30.2 Å². The van der Waals surface area contributed by atoms with Crippen LogP contribution in [-0.4, -0.2) is 89.1 Å². The van der Waals surface area contributed by atoms with Crippen molar-refractivity contribution < 1.29 is 28.2 Å². The fourth-order valence-corrected chi connectivity index (χ4v) is 8.93. The molecule has 1 unspecified atom stereocenters. The third-order valence-electron chi connectivity index (χ3n) is 11.7. The van der Waals surface area contributed by atoms with Crippen LogP contribution < -0.4 is 15.0 Å². The van der Waals surface area contributed by atoms with Crippen LogP contribution in [0.1, 0.15) is 81.2 Å². The van der Waals surface area contributed by atoms with Gasteiger partial charge in [-0.3, -0.25) is 9.69 Å². The molecule has 0 bridgehead atoms. The molecule has 3 saturated heterocycles. The number of nitrogens with one attached hydrogen (secondary N) is 1. The minimum Gasteiger partial charge on any atom is -0.508 e. The molecular weight excluding hydrogens is 676 g/mol. The standard InChI is InChI=1S/C42H49F2N5O4/c1-5-33-36(44)13-11-28-19-32(50)21-35(39(28)33)27-10-12-34-37(20-27)46-41(47-40(34)48-16-8-7-9-30(24-48)45-38(51)6-2)53-25-42(26(3)4)22-29(43)23-49(42)31-14-17-52-18-15-31/h1,6,11,13,19-21,26,29-31,50H,2,7-10,12,14-18,22-25H2,3-4H3,(H,45,51)/t29-,30?,42+/m1/s1. The average Bonchev–Trinajstić information content (AvgIpc) is 3.34. The van der Waals surface area contributed by atoms with Gasteiger partial charge in [-0.1, -0.05) is 32.4 Å². The van der Waals surface area contributed by atoms with Crippen molar-refractivity contribution in [3.63, 3.8) is 0 Å². The number of aromatic nitrogens is 2. The Hall–Kier alpha value is -4.53. The topological polar surface area (TPSA) is 100 Å². The van der Waals surface area contributed by atoms with E-state index in [-0.39, 0.29) is 47.8 Å². The monoisotopic (exact) mass is 725 g/mol. The molecule has 3 atom stereocenters. The number of rotatable bonds is 9. The van der Waals surface area contributed by atoms with Crippen molar-refractivity contribution in [3.8, 4) is 24.1 Å². The number of likely N-dealkylation sites (tertiary alicyclic amines) is 1. The molecule has 53 heavy (non-hydrogen) atoms. The van der Waals surface area contributed by atoms with Gasteiger partial charge < -0.3 is 24.8 Å². The van der Waals surface area contributed by atoms with E-state index in [4.69, 9.17) is 25.9 Å². The van der Waals surface area contributed by atoms with Gasteiger partial charge in [-0.2, -0.15) is 9.97 Å². The van der Waals surface area contributed by atoms with Crippen LogP contribution in [0.3, 0.4) is 0 Å². The molecule has 3 aliphatic heterocycles. The summed E-state index contributed by atoms with van der Waals surface area (Å²) in [6, 6.07) is 6.46. The van der Waals surface area contributed by atoms with E-state index in [1.54, 1.807) is 18.2 Å². The molecular formula is C42H49F2N5O4. The summed E-state index contributed by atoms with van der Waals surface area (Å²) in [5, 5.41) is 15.0. The number of phenols is 1. The number of carbonyl (C=O) groups is 1. The highest BCUT2D eigenvalue weighted by molar-refractivity contribution is 6.02. The lowest BCUT2D eigenvalue weighted by Crippen LogP contribution is -2.57. The van der Waals surface area contributed by atoms with Crippen molar-refractivity contribution in [1.29, 1.82) is 0 Å². The summed E-state index contributed by atoms with van der Waals surface area (Å²) < 4.78 is 42.7. The number of allylic oxidation sites excluding steroid dienone is 1. The first kappa shape index (κ1) is 36.8. The van der Waals surface area contributed by atoms with Crippen LogP contribution >= 0.6 is 0 Å². The number of anilines is 1. The van der Waals surface area contributed by atoms with E-state index in [1.165, 1.54) is 12.1 Å². The smallest absolute Gasteiger partial charge is 0.318 e. The second-order valence-corrected chi connectivity index (χ2v) is 15.2. The number of benzene rings is 2. The minimum absolute atomic E-state index is 0.0501. The van der Waals surface area contributed by atoms with Crippen LogP contribution in [-0.2, 0) is 16.0 Å². The molecule has 4 heterocycles. The van der Waals surface area contributed by atoms with E-state index in [1.807, 2.05) is 6.08 Å². The van der Waals surface area contributed by atoms with Crippen molar-refractivity contribution >= 4 is 34.1 Å². The average molecular weight is 726 g/mol. The maximum absolute atomic E-state index is 15.4. The second-order valence-electron chi connectivity index (χ2n) is 15.2. The van der Waals surface area contributed by atoms with Gasteiger partial charge in [0.05, 0.1) is 16.8 Å². The summed E-state index contributed by atoms with van der Waals surface area (Å²) in [6.07, 6.45) is 14.0. The first-order chi connectivity index (χ1) is 25.6. The number of terminal acetylenes is 1. The highest BCUT2D eigenvalue weighted by atomic mass is 19.1. The molecule has 1 aromatic heterocycles. The van der Waals surface area contributed by atoms with Gasteiger partial charge in [0, 0.05) is 62.3 Å². The molecule has 1 amide bonds. The van der Waals surface area contributed by atoms with Crippen molar-refractivity contribution in [2.45, 2.75) is 89.0 Å². The lowest BCUT2D eigenvalue weighted by Gasteiger charge is -2.46. The largest absolute Gasteiger partial charge is 0.508 e. The van der Waals surface area contributed by atoms with Crippen molar-refractivity contribution in [2.24, 2.45) is 5.92 Å². The molecule has 0 saturated carbocycles. The lowest BCUT2D eigenvalue weighted by molar-refractivity contribution is -0.117. The maximum Gasteiger partial charge on any atom is 0.318 e. The lowest BCUT2D eigenvalue weighted by atomic mass is 9.83. The molecule has 7 rings (SSSR count). The van der Waals surface area contributed by atoms with Crippen LogP contribution in [0.2, 0.25) is 0 Å². The van der Waals surface area contributed by atoms with Crippen molar-refractivity contribution in [3.05, 3.63) is 65.1 Å². The summed E-state index contributed by atoms with van der Waals surface area (Å²) in [7, 11) is 0. The van der Waals surface area contributed by atoms with Gasteiger partial charge in [-0.05, 0) is 97.7 Å². The Kier molecular flexibility index (Phi) is 10.7. The van der Waals surface area contributed by atoms with E-state index in [2.05, 4.69) is 41.5 Å². The highest BCUT2D eigenvalue weighted by Gasteiger charge is 2.51. The van der Waals surface area contributed by atoms with Gasteiger partial charge >= 0.3 is 6.01 Å². The quantitative estimate of drug-likeness (QED) is 0.188. The Labute approximate surface area is 310 Å². The fourth-order valence-electron chi connectivity index (χ4n) is 8.93. The molecule has 0 spiro atoms. The normalized spacial score (nSPS) is 24.0. The highest BCUT2D eigenvalue weighted by Crippen LogP contribution is 2.43. The molecule has 3 aromatic rings. The first-order valence-corrected chi connectivity index (χ1v) is 18.9. The molecule has 11 heteroatoms. The SMILES string of the molecule is C#Cc1c(F)ccc2cc(O)cc(C3=Cc4nc(OC[C@]5(C(C)C)C[C@@H](F)CN5C5CCOCC5)nc(N5CCCCC(NC(=O)C=C)C5)c4CC3)c12. The number of nitrogens with zero attached hydrogens (tertiary/aromatic N) is 4. The van der Waals surface area contributed by atoms with Gasteiger partial charge in [0.25, 0.3) is 0 Å². The van der Waals surface area contributed by atoms with E-state index < -0.39 is 17.5 Å². The van der Waals surface area contributed by atoms with E-state index in [0.717, 1.165) is 55.6 Å². The summed E-state index contributed by atoms with van der Waals surface area (Å²) in [4.78, 5) is 26.9. The third-order valence-corrected chi connectivity index (χ3v) is 11.7. The number of fused-ring (bicyclic) bond motifs is 2. The van der Waals surface area contributed by atoms with E-state index in [9.17, 15) is 9.90 Å². The molecule has 3 fully saturated rings. The van der Waals surface area contributed by atoms with Gasteiger partial charge in [-0.15, -0.1) is 6.42 Å². The summed E-state index contributed by atoms with van der Waals surface area (Å²) in [6.45, 7) is 11.1. The fraction of sp³-hybridized carbons (Fsp3) is 0.500. The van der Waals surface area contributed by atoms with Crippen molar-refractivity contribution in [1.82, 2.24) is 20.2 Å². The third kappa shape index (κ3) is 7.36. The summed E-state index contributed by atoms with van der Waals surface area (Å²) >= 11 is 0. The maximum atomic E-state index is 15.4. The number of ether oxygens (including phenoxy) is 2. The zero-order valence-electron chi connectivity index (χ0n) is 30.7. The van der Waals surface area contributed by atoms with Gasteiger partial charge in [0.2, 0.25) is 5.91 Å². The Morgan fingerprint density at radius 2 is 2.02 bits per heavy atom. The Morgan fingerprint density at radius 1 is 1.21 bits per heavy atom. The van der Waals surface area contributed by atoms with E-state index >= 15 is 8.78 Å². The molecule has 9 nitrogen and oxygen atoms in total. The number of halogens is 2. The van der Waals surface area contributed by atoms with E-state index in [0.29, 0.717) is 67.6 Å². The number of hydrogen-bond donors (Lipinski definition) is 2. The predicted molar refractivity (Wildman–Crippen MR) is 203 cm³/mol. The Balaban J connectivity index is 1.31. The second kappa shape index (κ2) is 15.4. The van der Waals surface area contributed by atoms with Crippen LogP contribution in [0, 0.1) is 24.1 Å². The van der Waals surface area contributed by atoms with Crippen LogP contribution in [0.25, 0.3) is 22.4 Å². The first-order valence-electron chi connectivity index (χ1n) is 18.9. The number of amides is 1. The van der Waals surface area contributed by atoms with Crippen LogP contribution in [0.4, 0.5) is 14.6 Å². The Bertz CT molecular complexity index is 1950. The number of aromatic hydroxyl groups is 1. The number of carbonyl (C=O) groups excluding carboxylic acids is 1. The van der Waals surface area contributed by atoms with Crippen LogP contribution in [0.5, 0.6) is 11.8 Å². The number of alkyl halides is 1. The molecule has 0 radical (unpaired) electrons. The van der Waals surface area contributed by atoms with Gasteiger partial charge in [0.15, 0.2) is 0 Å².